The molecule has 1 atom stereocenters. The fourth-order valence-corrected chi connectivity index (χ4v) is 2.81. The zero-order valence-corrected chi connectivity index (χ0v) is 11.1. The van der Waals surface area contributed by atoms with E-state index in [1.54, 1.807) is 4.90 Å². The maximum absolute atomic E-state index is 13.0. The highest BCUT2D eigenvalue weighted by Gasteiger charge is 2.23. The number of β-amino-alcohol motifs (C(OH)–C–C–N with tert-alkyl or cyclic N) is 1. The second kappa shape index (κ2) is 6.34. The van der Waals surface area contributed by atoms with Crippen molar-refractivity contribution in [3.8, 4) is 0 Å². The van der Waals surface area contributed by atoms with Crippen molar-refractivity contribution in [2.45, 2.75) is 23.8 Å². The van der Waals surface area contributed by atoms with Gasteiger partial charge in [0, 0.05) is 30.2 Å². The Hall–Kier alpha value is -1.14. The summed E-state index contributed by atoms with van der Waals surface area (Å²) < 4.78 is 25.7. The van der Waals surface area contributed by atoms with E-state index < -0.39 is 17.7 Å². The number of carbonyl (C=O) groups excluding carboxylic acids is 1. The van der Waals surface area contributed by atoms with Gasteiger partial charge in [0.05, 0.1) is 6.10 Å². The number of carbonyl (C=O) groups is 1. The van der Waals surface area contributed by atoms with E-state index in [0.29, 0.717) is 36.6 Å². The molecule has 1 aromatic carbocycles. The summed E-state index contributed by atoms with van der Waals surface area (Å²) in [6.45, 7) is 0.991. The van der Waals surface area contributed by atoms with Crippen LogP contribution in [-0.2, 0) is 4.79 Å². The Kier molecular flexibility index (Phi) is 4.76. The summed E-state index contributed by atoms with van der Waals surface area (Å²) in [5.74, 6) is -1.24. The Balaban J connectivity index is 1.77. The maximum atomic E-state index is 13.0. The molecule has 0 aliphatic carbocycles. The summed E-state index contributed by atoms with van der Waals surface area (Å²) in [6.07, 6.45) is 0.543. The number of amides is 1. The van der Waals surface area contributed by atoms with Gasteiger partial charge in [0.25, 0.3) is 0 Å². The van der Waals surface area contributed by atoms with Crippen molar-refractivity contribution >= 4 is 17.7 Å². The molecule has 1 fully saturated rings. The lowest BCUT2D eigenvalue weighted by Crippen LogP contribution is -2.29. The van der Waals surface area contributed by atoms with E-state index in [-0.39, 0.29) is 5.91 Å². The molecule has 3 nitrogen and oxygen atoms in total. The van der Waals surface area contributed by atoms with Gasteiger partial charge in [0.15, 0.2) is 11.6 Å². The normalized spacial score (nSPS) is 18.9. The molecular formula is C13H15F2NO2S. The second-order valence-corrected chi connectivity index (χ2v) is 5.62. The predicted molar refractivity (Wildman–Crippen MR) is 68.9 cm³/mol. The molecule has 0 aromatic heterocycles. The standard InChI is InChI=1S/C13H15F2NO2S/c14-11-2-1-10(7-12(11)15)19-6-4-13(18)16-5-3-9(17)8-16/h1-2,7,9,17H,3-6,8H2. The lowest BCUT2D eigenvalue weighted by atomic mass is 10.3. The van der Waals surface area contributed by atoms with Crippen LogP contribution in [0.5, 0.6) is 0 Å². The van der Waals surface area contributed by atoms with E-state index in [1.807, 2.05) is 0 Å². The molecule has 1 saturated heterocycles. The fourth-order valence-electron chi connectivity index (χ4n) is 1.95. The molecule has 1 heterocycles. The number of hydrogen-bond acceptors (Lipinski definition) is 3. The average Bonchev–Trinajstić information content (AvgIpc) is 2.80. The molecule has 1 unspecified atom stereocenters. The lowest BCUT2D eigenvalue weighted by Gasteiger charge is -2.15. The molecule has 0 radical (unpaired) electrons. The van der Waals surface area contributed by atoms with Crippen LogP contribution < -0.4 is 0 Å². The summed E-state index contributed by atoms with van der Waals surface area (Å²) >= 11 is 1.31. The van der Waals surface area contributed by atoms with E-state index in [9.17, 15) is 18.7 Å². The Bertz CT molecular complexity index is 470. The van der Waals surface area contributed by atoms with Crippen LogP contribution in [-0.4, -0.2) is 40.9 Å². The smallest absolute Gasteiger partial charge is 0.223 e. The molecule has 2 rings (SSSR count). The Morgan fingerprint density at radius 3 is 2.84 bits per heavy atom. The third-order valence-corrected chi connectivity index (χ3v) is 3.99. The van der Waals surface area contributed by atoms with Crippen molar-refractivity contribution in [3.63, 3.8) is 0 Å². The van der Waals surface area contributed by atoms with Gasteiger partial charge in [-0.2, -0.15) is 0 Å². The van der Waals surface area contributed by atoms with Crippen molar-refractivity contribution in [3.05, 3.63) is 29.8 Å². The highest BCUT2D eigenvalue weighted by atomic mass is 32.2. The van der Waals surface area contributed by atoms with Crippen LogP contribution in [0.25, 0.3) is 0 Å². The quantitative estimate of drug-likeness (QED) is 0.862. The number of aliphatic hydroxyl groups is 1. The number of thioether (sulfide) groups is 1. The first-order valence-corrected chi connectivity index (χ1v) is 7.08. The fraction of sp³-hybridized carbons (Fsp3) is 0.462. The molecular weight excluding hydrogens is 272 g/mol. The predicted octanol–water partition coefficient (Wildman–Crippen LogP) is 2.04. The first-order chi connectivity index (χ1) is 9.06. The molecule has 1 aliphatic heterocycles. The number of benzene rings is 1. The van der Waals surface area contributed by atoms with E-state index >= 15 is 0 Å². The Morgan fingerprint density at radius 1 is 1.42 bits per heavy atom. The number of likely N-dealkylation sites (tertiary alicyclic amines) is 1. The van der Waals surface area contributed by atoms with Gasteiger partial charge in [0.1, 0.15) is 0 Å². The molecule has 1 aromatic rings. The van der Waals surface area contributed by atoms with Crippen LogP contribution >= 0.6 is 11.8 Å². The maximum Gasteiger partial charge on any atom is 0.223 e. The van der Waals surface area contributed by atoms with Gasteiger partial charge < -0.3 is 10.0 Å². The molecule has 0 bridgehead atoms. The van der Waals surface area contributed by atoms with Crippen LogP contribution in [0.1, 0.15) is 12.8 Å². The third kappa shape index (κ3) is 3.91. The monoisotopic (exact) mass is 287 g/mol. The van der Waals surface area contributed by atoms with Gasteiger partial charge >= 0.3 is 0 Å². The lowest BCUT2D eigenvalue weighted by molar-refractivity contribution is -0.130. The number of nitrogens with zero attached hydrogens (tertiary/aromatic N) is 1. The van der Waals surface area contributed by atoms with Crippen LogP contribution in [0.3, 0.4) is 0 Å². The van der Waals surface area contributed by atoms with Crippen LogP contribution in [0, 0.1) is 11.6 Å². The molecule has 0 saturated carbocycles. The summed E-state index contributed by atoms with van der Waals surface area (Å²) in [5.41, 5.74) is 0. The van der Waals surface area contributed by atoms with Crippen molar-refractivity contribution < 1.29 is 18.7 Å². The molecule has 104 valence electrons. The topological polar surface area (TPSA) is 40.5 Å². The Labute approximate surface area is 114 Å². The van der Waals surface area contributed by atoms with Crippen molar-refractivity contribution in [2.24, 2.45) is 0 Å². The molecule has 6 heteroatoms. The van der Waals surface area contributed by atoms with Crippen LogP contribution in [0.2, 0.25) is 0 Å². The highest BCUT2D eigenvalue weighted by molar-refractivity contribution is 7.99. The van der Waals surface area contributed by atoms with Gasteiger partial charge in [-0.05, 0) is 24.6 Å². The minimum Gasteiger partial charge on any atom is -0.391 e. The number of aliphatic hydroxyl groups excluding tert-OH is 1. The zero-order chi connectivity index (χ0) is 13.8. The zero-order valence-electron chi connectivity index (χ0n) is 10.3. The second-order valence-electron chi connectivity index (χ2n) is 4.46. The number of rotatable bonds is 4. The minimum atomic E-state index is -0.876. The summed E-state index contributed by atoms with van der Waals surface area (Å²) in [7, 11) is 0. The molecule has 0 spiro atoms. The van der Waals surface area contributed by atoms with E-state index in [0.717, 1.165) is 12.1 Å². The van der Waals surface area contributed by atoms with E-state index in [2.05, 4.69) is 0 Å². The Morgan fingerprint density at radius 2 is 2.21 bits per heavy atom. The van der Waals surface area contributed by atoms with Crippen LogP contribution in [0.4, 0.5) is 8.78 Å². The highest BCUT2D eigenvalue weighted by Crippen LogP contribution is 2.21. The number of halogens is 2. The van der Waals surface area contributed by atoms with E-state index in [1.165, 1.54) is 17.8 Å². The average molecular weight is 287 g/mol. The SMILES string of the molecule is O=C(CCSc1ccc(F)c(F)c1)N1CCC(O)C1. The van der Waals surface area contributed by atoms with Gasteiger partial charge in [0.2, 0.25) is 5.91 Å². The summed E-state index contributed by atoms with van der Waals surface area (Å²) in [5, 5.41) is 9.33. The number of hydrogen-bond donors (Lipinski definition) is 1. The third-order valence-electron chi connectivity index (χ3n) is 2.99. The summed E-state index contributed by atoms with van der Waals surface area (Å²) in [4.78, 5) is 14.0. The summed E-state index contributed by atoms with van der Waals surface area (Å²) in [6, 6.07) is 3.70. The van der Waals surface area contributed by atoms with Crippen molar-refractivity contribution in [1.29, 1.82) is 0 Å². The molecule has 1 amide bonds. The first-order valence-electron chi connectivity index (χ1n) is 6.10. The first kappa shape index (κ1) is 14.3. The van der Waals surface area contributed by atoms with Crippen molar-refractivity contribution in [2.75, 3.05) is 18.8 Å². The van der Waals surface area contributed by atoms with Crippen LogP contribution in [0.15, 0.2) is 23.1 Å². The minimum absolute atomic E-state index is 0.00775. The van der Waals surface area contributed by atoms with Gasteiger partial charge in [-0.25, -0.2) is 8.78 Å². The van der Waals surface area contributed by atoms with Gasteiger partial charge in [-0.3, -0.25) is 4.79 Å². The van der Waals surface area contributed by atoms with Gasteiger partial charge in [-0.15, -0.1) is 11.8 Å². The molecule has 19 heavy (non-hydrogen) atoms. The van der Waals surface area contributed by atoms with E-state index in [4.69, 9.17) is 0 Å². The largest absolute Gasteiger partial charge is 0.391 e. The van der Waals surface area contributed by atoms with Gasteiger partial charge in [-0.1, -0.05) is 0 Å². The molecule has 1 N–H and O–H groups in total. The van der Waals surface area contributed by atoms with Crippen molar-refractivity contribution in [1.82, 2.24) is 4.90 Å². The molecule has 1 aliphatic rings.